The van der Waals surface area contributed by atoms with E-state index in [0.717, 1.165) is 0 Å². The van der Waals surface area contributed by atoms with Gasteiger partial charge in [0.05, 0.1) is 11.3 Å². The number of halogens is 1. The minimum atomic E-state index is -0.526. The molecule has 2 rings (SSSR count). The first kappa shape index (κ1) is 15.5. The second kappa shape index (κ2) is 7.21. The van der Waals surface area contributed by atoms with Gasteiger partial charge in [-0.2, -0.15) is 0 Å². The van der Waals surface area contributed by atoms with Gasteiger partial charge in [0, 0.05) is 7.05 Å². The molecule has 0 unspecified atom stereocenters. The Balaban J connectivity index is 2.00. The van der Waals surface area contributed by atoms with Crippen LogP contribution in [0, 0.1) is 5.82 Å². The second-order valence-electron chi connectivity index (χ2n) is 4.39. The van der Waals surface area contributed by atoms with Gasteiger partial charge in [-0.25, -0.2) is 4.39 Å². The highest BCUT2D eigenvalue weighted by atomic mass is 19.1. The van der Waals surface area contributed by atoms with Gasteiger partial charge in [-0.15, -0.1) is 0 Å². The van der Waals surface area contributed by atoms with E-state index in [1.54, 1.807) is 30.3 Å². The molecule has 2 aromatic carbocycles. The lowest BCUT2D eigenvalue weighted by Gasteiger charge is -2.11. The van der Waals surface area contributed by atoms with Crippen molar-refractivity contribution in [1.82, 2.24) is 5.32 Å². The molecule has 0 saturated heterocycles. The van der Waals surface area contributed by atoms with Crippen molar-refractivity contribution in [2.75, 3.05) is 19.0 Å². The van der Waals surface area contributed by atoms with Crippen LogP contribution in [0.2, 0.25) is 0 Å². The number of anilines is 1. The number of benzene rings is 2. The van der Waals surface area contributed by atoms with Crippen LogP contribution in [0.5, 0.6) is 5.75 Å². The lowest BCUT2D eigenvalue weighted by atomic mass is 10.2. The molecule has 0 aliphatic heterocycles. The van der Waals surface area contributed by atoms with Crippen LogP contribution in [0.25, 0.3) is 0 Å². The van der Waals surface area contributed by atoms with E-state index in [0.29, 0.717) is 5.56 Å². The Hall–Kier alpha value is -2.89. The Morgan fingerprint density at radius 2 is 1.77 bits per heavy atom. The maximum atomic E-state index is 13.4. The van der Waals surface area contributed by atoms with E-state index in [1.165, 1.54) is 25.2 Å². The molecule has 0 spiro atoms. The summed E-state index contributed by atoms with van der Waals surface area (Å²) in [4.78, 5) is 23.5. The summed E-state index contributed by atoms with van der Waals surface area (Å²) in [7, 11) is 1.50. The lowest BCUT2D eigenvalue weighted by Crippen LogP contribution is -2.23. The summed E-state index contributed by atoms with van der Waals surface area (Å²) >= 11 is 0. The average Bonchev–Trinajstić information content (AvgIpc) is 2.54. The Morgan fingerprint density at radius 1 is 1.09 bits per heavy atom. The fraction of sp³-hybridized carbons (Fsp3) is 0.125. The minimum absolute atomic E-state index is 0.0793. The summed E-state index contributed by atoms with van der Waals surface area (Å²) in [6.07, 6.45) is 0. The first-order valence-electron chi connectivity index (χ1n) is 6.60. The molecule has 114 valence electrons. The molecule has 2 amide bonds. The van der Waals surface area contributed by atoms with Crippen LogP contribution in [-0.4, -0.2) is 25.5 Å². The fourth-order valence-electron chi connectivity index (χ4n) is 1.81. The molecule has 0 fully saturated rings. The molecule has 0 atom stereocenters. The van der Waals surface area contributed by atoms with Crippen LogP contribution in [-0.2, 0) is 4.79 Å². The molecule has 0 aromatic heterocycles. The van der Waals surface area contributed by atoms with E-state index in [9.17, 15) is 14.0 Å². The molecule has 0 aliphatic rings. The quantitative estimate of drug-likeness (QED) is 0.890. The number of carbonyl (C=O) groups is 2. The summed E-state index contributed by atoms with van der Waals surface area (Å²) in [5, 5.41) is 4.89. The molecule has 2 aromatic rings. The smallest absolute Gasteiger partial charge is 0.262 e. The molecule has 5 nitrogen and oxygen atoms in total. The fourth-order valence-corrected chi connectivity index (χ4v) is 1.81. The highest BCUT2D eigenvalue weighted by Crippen LogP contribution is 2.18. The Labute approximate surface area is 127 Å². The third-order valence-electron chi connectivity index (χ3n) is 2.87. The van der Waals surface area contributed by atoms with E-state index in [1.807, 2.05) is 0 Å². The van der Waals surface area contributed by atoms with E-state index < -0.39 is 11.7 Å². The molecule has 22 heavy (non-hydrogen) atoms. The lowest BCUT2D eigenvalue weighted by molar-refractivity contribution is -0.118. The monoisotopic (exact) mass is 302 g/mol. The highest BCUT2D eigenvalue weighted by molar-refractivity contribution is 5.97. The van der Waals surface area contributed by atoms with Gasteiger partial charge < -0.3 is 15.4 Å². The van der Waals surface area contributed by atoms with Crippen molar-refractivity contribution in [2.45, 2.75) is 0 Å². The third-order valence-corrected chi connectivity index (χ3v) is 2.87. The van der Waals surface area contributed by atoms with Crippen molar-refractivity contribution >= 4 is 17.5 Å². The van der Waals surface area contributed by atoms with Gasteiger partial charge in [0.2, 0.25) is 0 Å². The Morgan fingerprint density at radius 3 is 2.50 bits per heavy atom. The summed E-state index contributed by atoms with van der Waals surface area (Å²) in [5.74, 6) is -1.07. The summed E-state index contributed by atoms with van der Waals surface area (Å²) in [6.45, 7) is -0.331. The minimum Gasteiger partial charge on any atom is -0.483 e. The Bertz CT molecular complexity index is 689. The first-order valence-corrected chi connectivity index (χ1v) is 6.60. The molecule has 0 heterocycles. The van der Waals surface area contributed by atoms with Crippen LogP contribution in [0.15, 0.2) is 48.5 Å². The standard InChI is InChI=1S/C16H15FN2O3/c1-18-16(21)11-6-2-5-9-14(11)22-10-15(20)19-13-8-4-3-7-12(13)17/h2-9H,10H2,1H3,(H,18,21)(H,19,20). The SMILES string of the molecule is CNC(=O)c1ccccc1OCC(=O)Nc1ccccc1F. The largest absolute Gasteiger partial charge is 0.483 e. The predicted octanol–water partition coefficient (Wildman–Crippen LogP) is 2.20. The van der Waals surface area contributed by atoms with Crippen LogP contribution in [0.4, 0.5) is 10.1 Å². The second-order valence-corrected chi connectivity index (χ2v) is 4.39. The van der Waals surface area contributed by atoms with Gasteiger partial charge in [-0.05, 0) is 24.3 Å². The van der Waals surface area contributed by atoms with Crippen molar-refractivity contribution in [3.8, 4) is 5.75 Å². The summed E-state index contributed by atoms with van der Waals surface area (Å²) in [5.41, 5.74) is 0.402. The average molecular weight is 302 g/mol. The van der Waals surface area contributed by atoms with Gasteiger partial charge >= 0.3 is 0 Å². The first-order chi connectivity index (χ1) is 10.6. The van der Waals surface area contributed by atoms with Gasteiger partial charge in [0.1, 0.15) is 11.6 Å². The van der Waals surface area contributed by atoms with E-state index in [4.69, 9.17) is 4.74 Å². The zero-order valence-electron chi connectivity index (χ0n) is 11.9. The molecule has 6 heteroatoms. The van der Waals surface area contributed by atoms with E-state index >= 15 is 0 Å². The topological polar surface area (TPSA) is 67.4 Å². The number of hydrogen-bond acceptors (Lipinski definition) is 3. The maximum absolute atomic E-state index is 13.4. The number of hydrogen-bond donors (Lipinski definition) is 2. The molecule has 0 radical (unpaired) electrons. The third kappa shape index (κ3) is 3.82. The van der Waals surface area contributed by atoms with Crippen molar-refractivity contribution < 1.29 is 18.7 Å². The molecule has 2 N–H and O–H groups in total. The number of carbonyl (C=O) groups excluding carboxylic acids is 2. The molecular formula is C16H15FN2O3. The summed E-state index contributed by atoms with van der Waals surface area (Å²) in [6, 6.07) is 12.4. The van der Waals surface area contributed by atoms with Gasteiger partial charge in [0.25, 0.3) is 11.8 Å². The normalized spacial score (nSPS) is 9.91. The van der Waals surface area contributed by atoms with Crippen LogP contribution in [0.3, 0.4) is 0 Å². The zero-order chi connectivity index (χ0) is 15.9. The maximum Gasteiger partial charge on any atom is 0.262 e. The van der Waals surface area contributed by atoms with Gasteiger partial charge in [-0.3, -0.25) is 9.59 Å². The van der Waals surface area contributed by atoms with Gasteiger partial charge in [0.15, 0.2) is 6.61 Å². The van der Waals surface area contributed by atoms with E-state index in [-0.39, 0.29) is 24.0 Å². The number of ether oxygens (including phenoxy) is 1. The number of rotatable bonds is 5. The van der Waals surface area contributed by atoms with Crippen molar-refractivity contribution in [2.24, 2.45) is 0 Å². The van der Waals surface area contributed by atoms with Crippen molar-refractivity contribution in [3.63, 3.8) is 0 Å². The molecule has 0 aliphatic carbocycles. The number of para-hydroxylation sites is 2. The van der Waals surface area contributed by atoms with Crippen LogP contribution >= 0.6 is 0 Å². The van der Waals surface area contributed by atoms with Gasteiger partial charge in [-0.1, -0.05) is 24.3 Å². The highest BCUT2D eigenvalue weighted by Gasteiger charge is 2.12. The van der Waals surface area contributed by atoms with E-state index in [2.05, 4.69) is 10.6 Å². The van der Waals surface area contributed by atoms with Crippen molar-refractivity contribution in [1.29, 1.82) is 0 Å². The molecule has 0 bridgehead atoms. The molecule has 0 saturated carbocycles. The summed E-state index contributed by atoms with van der Waals surface area (Å²) < 4.78 is 18.8. The van der Waals surface area contributed by atoms with Crippen LogP contribution < -0.4 is 15.4 Å². The zero-order valence-corrected chi connectivity index (χ0v) is 11.9. The molecular weight excluding hydrogens is 287 g/mol. The predicted molar refractivity (Wildman–Crippen MR) is 80.4 cm³/mol. The number of nitrogens with one attached hydrogen (secondary N) is 2. The van der Waals surface area contributed by atoms with Crippen LogP contribution in [0.1, 0.15) is 10.4 Å². The van der Waals surface area contributed by atoms with Crippen molar-refractivity contribution in [3.05, 3.63) is 59.9 Å². The Kier molecular flexibility index (Phi) is 5.08. The number of amides is 2.